The lowest BCUT2D eigenvalue weighted by atomic mass is 9.98. The van der Waals surface area contributed by atoms with E-state index in [1.165, 1.54) is 10.5 Å². The Morgan fingerprint density at radius 2 is 1.72 bits per heavy atom. The van der Waals surface area contributed by atoms with Crippen molar-refractivity contribution in [2.75, 3.05) is 6.54 Å². The van der Waals surface area contributed by atoms with Gasteiger partial charge in [0.1, 0.15) is 19.6 Å². The predicted molar refractivity (Wildman–Crippen MR) is 70.0 cm³/mol. The maximum atomic E-state index is 14.1. The Kier molecular flexibility index (Phi) is 3.11. The van der Waals surface area contributed by atoms with Crippen molar-refractivity contribution in [1.82, 2.24) is 0 Å². The molecule has 1 aliphatic heterocycles. The standard InChI is InChI=1S/C16H16FN/c17-16-12-18(10-13-6-2-1-3-7-13)11-14-8-4-5-9-15(14)16/h1-9,16H,10-12H2/p+1/t16-/m0/s1. The Labute approximate surface area is 107 Å². The molecule has 2 atom stereocenters. The third-order valence-electron chi connectivity index (χ3n) is 3.60. The molecule has 1 unspecified atom stereocenters. The van der Waals surface area contributed by atoms with Gasteiger partial charge in [-0.3, -0.25) is 0 Å². The molecule has 1 N–H and O–H groups in total. The normalized spacial score (nSPS) is 22.5. The summed E-state index contributed by atoms with van der Waals surface area (Å²) in [4.78, 5) is 1.30. The van der Waals surface area contributed by atoms with Gasteiger partial charge in [0.05, 0.1) is 0 Å². The number of hydrogen-bond donors (Lipinski definition) is 1. The summed E-state index contributed by atoms with van der Waals surface area (Å²) in [6.45, 7) is 2.40. The molecule has 0 amide bonds. The molecule has 1 nitrogen and oxygen atoms in total. The lowest BCUT2D eigenvalue weighted by Gasteiger charge is -2.28. The van der Waals surface area contributed by atoms with Crippen LogP contribution in [0.15, 0.2) is 54.6 Å². The summed E-state index contributed by atoms with van der Waals surface area (Å²) in [5, 5.41) is 0. The molecule has 18 heavy (non-hydrogen) atoms. The van der Waals surface area contributed by atoms with Crippen LogP contribution in [0.4, 0.5) is 4.39 Å². The fourth-order valence-electron chi connectivity index (χ4n) is 2.72. The highest BCUT2D eigenvalue weighted by Crippen LogP contribution is 2.22. The molecule has 0 radical (unpaired) electrons. The van der Waals surface area contributed by atoms with Gasteiger partial charge in [0.15, 0.2) is 6.17 Å². The van der Waals surface area contributed by atoms with Crippen molar-refractivity contribution in [3.63, 3.8) is 0 Å². The molecule has 0 saturated carbocycles. The summed E-state index contributed by atoms with van der Waals surface area (Å²) < 4.78 is 14.1. The van der Waals surface area contributed by atoms with E-state index in [2.05, 4.69) is 12.1 Å². The third-order valence-corrected chi connectivity index (χ3v) is 3.60. The maximum Gasteiger partial charge on any atom is 0.174 e. The van der Waals surface area contributed by atoms with Gasteiger partial charge >= 0.3 is 0 Å². The van der Waals surface area contributed by atoms with Gasteiger partial charge in [0.25, 0.3) is 0 Å². The Bertz CT molecular complexity index is 524. The summed E-state index contributed by atoms with van der Waals surface area (Å²) >= 11 is 0. The number of rotatable bonds is 2. The van der Waals surface area contributed by atoms with E-state index in [1.807, 2.05) is 42.5 Å². The average Bonchev–Trinajstić information content (AvgIpc) is 2.40. The largest absolute Gasteiger partial charge is 0.325 e. The number of nitrogens with one attached hydrogen (secondary N) is 1. The highest BCUT2D eigenvalue weighted by Gasteiger charge is 2.27. The average molecular weight is 242 g/mol. The van der Waals surface area contributed by atoms with Crippen LogP contribution in [0.2, 0.25) is 0 Å². The highest BCUT2D eigenvalue weighted by molar-refractivity contribution is 5.29. The van der Waals surface area contributed by atoms with Crippen LogP contribution in [0, 0.1) is 0 Å². The molecule has 2 aromatic rings. The van der Waals surface area contributed by atoms with Gasteiger partial charge in [0, 0.05) is 16.7 Å². The molecule has 3 rings (SSSR count). The van der Waals surface area contributed by atoms with Crippen LogP contribution < -0.4 is 4.90 Å². The molecule has 2 heteroatoms. The molecule has 1 aliphatic rings. The van der Waals surface area contributed by atoms with E-state index in [0.717, 1.165) is 24.2 Å². The minimum Gasteiger partial charge on any atom is -0.325 e. The molecule has 1 heterocycles. The van der Waals surface area contributed by atoms with Crippen molar-refractivity contribution >= 4 is 0 Å². The first kappa shape index (κ1) is 11.4. The van der Waals surface area contributed by atoms with Crippen LogP contribution in [0.5, 0.6) is 0 Å². The second-order valence-corrected chi connectivity index (χ2v) is 4.96. The molecule has 0 bridgehead atoms. The fourth-order valence-corrected chi connectivity index (χ4v) is 2.72. The van der Waals surface area contributed by atoms with Gasteiger partial charge < -0.3 is 4.90 Å². The lowest BCUT2D eigenvalue weighted by Crippen LogP contribution is -3.10. The minimum atomic E-state index is -0.825. The Morgan fingerprint density at radius 3 is 2.56 bits per heavy atom. The first-order valence-electron chi connectivity index (χ1n) is 6.42. The number of alkyl halides is 1. The molecule has 0 saturated heterocycles. The molecule has 0 aromatic heterocycles. The zero-order valence-corrected chi connectivity index (χ0v) is 10.3. The van der Waals surface area contributed by atoms with Gasteiger partial charge in [-0.15, -0.1) is 0 Å². The summed E-state index contributed by atoms with van der Waals surface area (Å²) in [7, 11) is 0. The second-order valence-electron chi connectivity index (χ2n) is 4.96. The van der Waals surface area contributed by atoms with E-state index < -0.39 is 6.17 Å². The lowest BCUT2D eigenvalue weighted by molar-refractivity contribution is -0.932. The number of quaternary nitrogens is 1. The van der Waals surface area contributed by atoms with Crippen molar-refractivity contribution < 1.29 is 9.29 Å². The SMILES string of the molecule is F[C@H]1C[NH+](Cc2ccccc2)Cc2ccccc21. The Balaban J connectivity index is 1.78. The maximum absolute atomic E-state index is 14.1. The van der Waals surface area contributed by atoms with E-state index in [-0.39, 0.29) is 0 Å². The van der Waals surface area contributed by atoms with Gasteiger partial charge in [-0.25, -0.2) is 4.39 Å². The third kappa shape index (κ3) is 2.29. The highest BCUT2D eigenvalue weighted by atomic mass is 19.1. The van der Waals surface area contributed by atoms with E-state index in [0.29, 0.717) is 6.54 Å². The number of benzene rings is 2. The number of hydrogen-bond acceptors (Lipinski definition) is 0. The predicted octanol–water partition coefficient (Wildman–Crippen LogP) is 2.30. The van der Waals surface area contributed by atoms with Crippen LogP contribution in [0.1, 0.15) is 22.9 Å². The Hall–Kier alpha value is -1.67. The van der Waals surface area contributed by atoms with E-state index in [9.17, 15) is 4.39 Å². The van der Waals surface area contributed by atoms with Gasteiger partial charge in [0.2, 0.25) is 0 Å². The summed E-state index contributed by atoms with van der Waals surface area (Å²) in [6.07, 6.45) is -0.825. The molecular weight excluding hydrogens is 225 g/mol. The van der Waals surface area contributed by atoms with Crippen molar-refractivity contribution in [2.45, 2.75) is 19.3 Å². The van der Waals surface area contributed by atoms with Crippen LogP contribution in [-0.4, -0.2) is 6.54 Å². The van der Waals surface area contributed by atoms with Crippen molar-refractivity contribution in [3.05, 3.63) is 71.3 Å². The van der Waals surface area contributed by atoms with Crippen LogP contribution in [0.3, 0.4) is 0 Å². The first-order chi connectivity index (χ1) is 8.83. The second kappa shape index (κ2) is 4.91. The Morgan fingerprint density at radius 1 is 1.00 bits per heavy atom. The van der Waals surface area contributed by atoms with Crippen LogP contribution in [0.25, 0.3) is 0 Å². The van der Waals surface area contributed by atoms with Crippen LogP contribution >= 0.6 is 0 Å². The van der Waals surface area contributed by atoms with Gasteiger partial charge in [-0.1, -0.05) is 54.6 Å². The molecule has 2 aromatic carbocycles. The zero-order valence-electron chi connectivity index (χ0n) is 10.3. The van der Waals surface area contributed by atoms with Crippen molar-refractivity contribution in [1.29, 1.82) is 0 Å². The molecule has 0 fully saturated rings. The van der Waals surface area contributed by atoms with Crippen LogP contribution in [-0.2, 0) is 13.1 Å². The van der Waals surface area contributed by atoms with Crippen molar-refractivity contribution in [2.24, 2.45) is 0 Å². The minimum absolute atomic E-state index is 0.575. The topological polar surface area (TPSA) is 4.44 Å². The molecular formula is C16H17FN+. The summed E-state index contributed by atoms with van der Waals surface area (Å²) in [5.74, 6) is 0. The quantitative estimate of drug-likeness (QED) is 0.824. The number of halogens is 1. The van der Waals surface area contributed by atoms with E-state index in [4.69, 9.17) is 0 Å². The fraction of sp³-hybridized carbons (Fsp3) is 0.250. The summed E-state index contributed by atoms with van der Waals surface area (Å²) in [5.41, 5.74) is 3.32. The molecule has 0 aliphatic carbocycles. The van der Waals surface area contributed by atoms with E-state index in [1.54, 1.807) is 0 Å². The molecule has 92 valence electrons. The first-order valence-corrected chi connectivity index (χ1v) is 6.42. The molecule has 0 spiro atoms. The van der Waals surface area contributed by atoms with Gasteiger partial charge in [-0.05, 0) is 0 Å². The number of fused-ring (bicyclic) bond motifs is 1. The monoisotopic (exact) mass is 242 g/mol. The van der Waals surface area contributed by atoms with E-state index >= 15 is 0 Å². The smallest absolute Gasteiger partial charge is 0.174 e. The zero-order chi connectivity index (χ0) is 12.4. The summed E-state index contributed by atoms with van der Waals surface area (Å²) in [6, 6.07) is 18.2. The van der Waals surface area contributed by atoms with Crippen molar-refractivity contribution in [3.8, 4) is 0 Å². The van der Waals surface area contributed by atoms with Gasteiger partial charge in [-0.2, -0.15) is 0 Å².